The fourth-order valence-electron chi connectivity index (χ4n) is 1.78. The van der Waals surface area contributed by atoms with Gasteiger partial charge in [-0.25, -0.2) is 0 Å². The molecule has 0 aromatic carbocycles. The molecule has 16 heavy (non-hydrogen) atoms. The summed E-state index contributed by atoms with van der Waals surface area (Å²) in [6.07, 6.45) is 3.73. The Labute approximate surface area is 138 Å². The van der Waals surface area contributed by atoms with E-state index in [2.05, 4.69) is 4.98 Å². The molecule has 1 aromatic heterocycles. The second-order valence-corrected chi connectivity index (χ2v) is 3.71. The van der Waals surface area contributed by atoms with Gasteiger partial charge in [-0.05, 0) is 18.6 Å². The number of amides is 1. The van der Waals surface area contributed by atoms with Gasteiger partial charge in [0.15, 0.2) is 5.78 Å². The van der Waals surface area contributed by atoms with Crippen LogP contribution in [0.1, 0.15) is 18.2 Å². The number of pyridine rings is 1. The van der Waals surface area contributed by atoms with Crippen LogP contribution in [0.4, 0.5) is 0 Å². The molecule has 4 nitrogen and oxygen atoms in total. The number of likely N-dealkylation sites (tertiary alicyclic amines) is 1. The van der Waals surface area contributed by atoms with E-state index >= 15 is 0 Å². The molecular formula is C11H13KN2O2. The largest absolute Gasteiger partial charge is 1.00 e. The SMILES string of the molecule is CN1CCC(C(=O)c2cccnc2)C1=O.[H-].[K+]. The maximum atomic E-state index is 11.9. The molecule has 0 aliphatic carbocycles. The molecule has 1 amide bonds. The Morgan fingerprint density at radius 3 is 2.88 bits per heavy atom. The topological polar surface area (TPSA) is 50.3 Å². The molecule has 0 bridgehead atoms. The molecule has 5 heteroatoms. The van der Waals surface area contributed by atoms with Gasteiger partial charge in [0.1, 0.15) is 5.92 Å². The molecule has 1 aromatic rings. The summed E-state index contributed by atoms with van der Waals surface area (Å²) in [5, 5.41) is 0. The van der Waals surface area contributed by atoms with E-state index in [0.29, 0.717) is 18.5 Å². The molecule has 1 aliphatic rings. The summed E-state index contributed by atoms with van der Waals surface area (Å²) in [6.45, 7) is 0.662. The van der Waals surface area contributed by atoms with Gasteiger partial charge in [-0.15, -0.1) is 0 Å². The molecule has 1 atom stereocenters. The van der Waals surface area contributed by atoms with E-state index in [1.165, 1.54) is 6.20 Å². The van der Waals surface area contributed by atoms with Gasteiger partial charge in [0, 0.05) is 31.5 Å². The number of carbonyl (C=O) groups is 2. The Bertz CT molecular complexity index is 400. The van der Waals surface area contributed by atoms with Crippen molar-refractivity contribution in [1.29, 1.82) is 0 Å². The van der Waals surface area contributed by atoms with Crippen LogP contribution in [0.15, 0.2) is 24.5 Å². The standard InChI is InChI=1S/C11H12N2O2.K.H/c1-13-6-4-9(11(13)15)10(14)8-3-2-5-12-7-8;;/h2-3,5,7,9H,4,6H2,1H3;;/q;+1;-1. The van der Waals surface area contributed by atoms with E-state index in [1.807, 2.05) is 0 Å². The summed E-state index contributed by atoms with van der Waals surface area (Å²) in [6, 6.07) is 3.40. The average Bonchev–Trinajstić information content (AvgIpc) is 2.60. The van der Waals surface area contributed by atoms with Gasteiger partial charge < -0.3 is 6.33 Å². The molecule has 2 rings (SSSR count). The van der Waals surface area contributed by atoms with Crippen LogP contribution in [0, 0.1) is 5.92 Å². The number of hydrogen-bond donors (Lipinski definition) is 0. The summed E-state index contributed by atoms with van der Waals surface area (Å²) in [5.41, 5.74) is 0.520. The Morgan fingerprint density at radius 1 is 1.62 bits per heavy atom. The van der Waals surface area contributed by atoms with Crippen LogP contribution in [-0.2, 0) is 4.79 Å². The van der Waals surface area contributed by atoms with Crippen molar-refractivity contribution in [1.82, 2.24) is 9.88 Å². The third-order valence-electron chi connectivity index (χ3n) is 2.69. The quantitative estimate of drug-likeness (QED) is 0.339. The molecule has 80 valence electrons. The molecule has 0 radical (unpaired) electrons. The minimum atomic E-state index is -0.501. The third-order valence-corrected chi connectivity index (χ3v) is 2.69. The second-order valence-electron chi connectivity index (χ2n) is 3.71. The monoisotopic (exact) mass is 244 g/mol. The van der Waals surface area contributed by atoms with Crippen molar-refractivity contribution in [3.05, 3.63) is 30.1 Å². The Balaban J connectivity index is 0.00000128. The van der Waals surface area contributed by atoms with Crippen molar-refractivity contribution in [2.45, 2.75) is 6.42 Å². The Hall–Kier alpha value is -0.0736. The molecule has 1 saturated heterocycles. The first kappa shape index (κ1) is 14.0. The van der Waals surface area contributed by atoms with E-state index in [-0.39, 0.29) is 64.5 Å². The summed E-state index contributed by atoms with van der Waals surface area (Å²) in [4.78, 5) is 29.0. The number of hydrogen-bond acceptors (Lipinski definition) is 3. The minimum Gasteiger partial charge on any atom is -1.00 e. The van der Waals surface area contributed by atoms with Crippen molar-refractivity contribution < 1.29 is 62.4 Å². The van der Waals surface area contributed by atoms with Gasteiger partial charge in [0.25, 0.3) is 0 Å². The van der Waals surface area contributed by atoms with Crippen molar-refractivity contribution in [2.75, 3.05) is 13.6 Å². The van der Waals surface area contributed by atoms with Gasteiger partial charge in [-0.2, -0.15) is 0 Å². The molecule has 0 saturated carbocycles. The first-order valence-corrected chi connectivity index (χ1v) is 4.89. The number of carbonyl (C=O) groups excluding carboxylic acids is 2. The Morgan fingerprint density at radius 2 is 2.38 bits per heavy atom. The predicted molar refractivity (Wildman–Crippen MR) is 55.4 cm³/mol. The van der Waals surface area contributed by atoms with Crippen LogP contribution in [0.25, 0.3) is 0 Å². The number of Topliss-reactive ketones (excluding diaryl/α,β-unsaturated/α-hetero) is 1. The first-order valence-electron chi connectivity index (χ1n) is 4.89. The molecule has 0 N–H and O–H groups in total. The van der Waals surface area contributed by atoms with Crippen LogP contribution in [0.5, 0.6) is 0 Å². The van der Waals surface area contributed by atoms with Gasteiger partial charge in [-0.1, -0.05) is 0 Å². The van der Waals surface area contributed by atoms with E-state index in [9.17, 15) is 9.59 Å². The molecular weight excluding hydrogens is 231 g/mol. The number of aromatic nitrogens is 1. The second kappa shape index (κ2) is 6.02. The van der Waals surface area contributed by atoms with E-state index < -0.39 is 5.92 Å². The fourth-order valence-corrected chi connectivity index (χ4v) is 1.78. The van der Waals surface area contributed by atoms with E-state index in [1.54, 1.807) is 30.3 Å². The molecule has 0 spiro atoms. The minimum absolute atomic E-state index is 0. The third kappa shape index (κ3) is 2.78. The van der Waals surface area contributed by atoms with Crippen LogP contribution < -0.4 is 51.4 Å². The van der Waals surface area contributed by atoms with Crippen LogP contribution in [0.2, 0.25) is 0 Å². The van der Waals surface area contributed by atoms with Crippen molar-refractivity contribution >= 4 is 11.7 Å². The molecule has 1 aliphatic heterocycles. The normalized spacial score (nSPS) is 19.4. The Kier molecular flexibility index (Phi) is 5.26. The van der Waals surface area contributed by atoms with Crippen molar-refractivity contribution in [3.8, 4) is 0 Å². The predicted octanol–water partition coefficient (Wildman–Crippen LogP) is -2.14. The van der Waals surface area contributed by atoms with E-state index in [0.717, 1.165) is 0 Å². The first-order chi connectivity index (χ1) is 7.20. The summed E-state index contributed by atoms with van der Waals surface area (Å²) >= 11 is 0. The van der Waals surface area contributed by atoms with Crippen LogP contribution in [0.3, 0.4) is 0 Å². The molecule has 1 fully saturated rings. The van der Waals surface area contributed by atoms with Crippen molar-refractivity contribution in [2.24, 2.45) is 5.92 Å². The van der Waals surface area contributed by atoms with Gasteiger partial charge in [-0.3, -0.25) is 14.6 Å². The van der Waals surface area contributed by atoms with Crippen LogP contribution in [-0.4, -0.2) is 35.2 Å². The van der Waals surface area contributed by atoms with Gasteiger partial charge >= 0.3 is 51.4 Å². The molecule has 2 heterocycles. The summed E-state index contributed by atoms with van der Waals surface area (Å²) in [5.74, 6) is -0.694. The number of ketones is 1. The zero-order chi connectivity index (χ0) is 10.8. The smallest absolute Gasteiger partial charge is 1.00 e. The average molecular weight is 244 g/mol. The van der Waals surface area contributed by atoms with Crippen molar-refractivity contribution in [3.63, 3.8) is 0 Å². The summed E-state index contributed by atoms with van der Waals surface area (Å²) < 4.78 is 0. The fraction of sp³-hybridized carbons (Fsp3) is 0.364. The van der Waals surface area contributed by atoms with Gasteiger partial charge in [0.05, 0.1) is 0 Å². The van der Waals surface area contributed by atoms with E-state index in [4.69, 9.17) is 0 Å². The van der Waals surface area contributed by atoms with Gasteiger partial charge in [0.2, 0.25) is 5.91 Å². The number of rotatable bonds is 2. The number of nitrogens with zero attached hydrogens (tertiary/aromatic N) is 2. The molecule has 1 unspecified atom stereocenters. The van der Waals surface area contributed by atoms with Crippen LogP contribution >= 0.6 is 0 Å². The maximum Gasteiger partial charge on any atom is 1.00 e. The summed E-state index contributed by atoms with van der Waals surface area (Å²) in [7, 11) is 1.72. The maximum absolute atomic E-state index is 11.9. The zero-order valence-electron chi connectivity index (χ0n) is 10.5. The zero-order valence-corrected chi connectivity index (χ0v) is 12.6.